The van der Waals surface area contributed by atoms with Crippen LogP contribution < -0.4 is 0 Å². The van der Waals surface area contributed by atoms with E-state index < -0.39 is 6.10 Å². The summed E-state index contributed by atoms with van der Waals surface area (Å²) in [4.78, 5) is 1.19. The second-order valence-corrected chi connectivity index (χ2v) is 3.56. The molecule has 68 valence electrons. The van der Waals surface area contributed by atoms with E-state index in [1.807, 2.05) is 30.5 Å². The minimum absolute atomic E-state index is 0.557. The van der Waals surface area contributed by atoms with Crippen molar-refractivity contribution in [1.29, 1.82) is 0 Å². The summed E-state index contributed by atoms with van der Waals surface area (Å²) in [6.07, 6.45) is 1.47. The number of hydrogen-bond donors (Lipinski definition) is 1. The fourth-order valence-electron chi connectivity index (χ4n) is 0.889. The topological polar surface area (TPSA) is 20.2 Å². The number of benzene rings is 1. The molecule has 0 saturated carbocycles. The lowest BCUT2D eigenvalue weighted by atomic mass is 10.2. The molecule has 0 aliphatic rings. The van der Waals surface area contributed by atoms with Gasteiger partial charge in [0, 0.05) is 10.5 Å². The largest absolute Gasteiger partial charge is 0.381 e. The van der Waals surface area contributed by atoms with Gasteiger partial charge in [-0.3, -0.25) is 0 Å². The average Bonchev–Trinajstić information content (AvgIpc) is 2.15. The van der Waals surface area contributed by atoms with E-state index >= 15 is 0 Å². The van der Waals surface area contributed by atoms with Gasteiger partial charge in [-0.2, -0.15) is 0 Å². The van der Waals surface area contributed by atoms with Crippen molar-refractivity contribution in [2.45, 2.75) is 17.9 Å². The number of aliphatic hydroxyl groups is 1. The molecule has 1 aromatic rings. The molecule has 0 saturated heterocycles. The normalized spacial score (nSPS) is 11.6. The second-order valence-electron chi connectivity index (χ2n) is 2.68. The molecule has 0 amide bonds. The van der Waals surface area contributed by atoms with Crippen molar-refractivity contribution in [3.63, 3.8) is 0 Å². The third kappa shape index (κ3) is 3.54. The molecule has 0 heterocycles. The lowest BCUT2D eigenvalue weighted by Crippen LogP contribution is -1.92. The molecule has 0 spiro atoms. The molecule has 1 aromatic carbocycles. The van der Waals surface area contributed by atoms with Gasteiger partial charge in [-0.05, 0) is 31.4 Å². The quantitative estimate of drug-likeness (QED) is 0.543. The molecular formula is C11H12OS. The molecule has 0 radical (unpaired) electrons. The van der Waals surface area contributed by atoms with E-state index in [2.05, 4.69) is 11.8 Å². The number of thioether (sulfide) groups is 1. The third-order valence-corrected chi connectivity index (χ3v) is 2.22. The third-order valence-electron chi connectivity index (χ3n) is 1.50. The fourth-order valence-corrected chi connectivity index (χ4v) is 1.35. The zero-order chi connectivity index (χ0) is 9.68. The van der Waals surface area contributed by atoms with E-state index in [-0.39, 0.29) is 0 Å². The molecule has 0 aliphatic heterocycles. The summed E-state index contributed by atoms with van der Waals surface area (Å²) in [6.45, 7) is 1.66. The van der Waals surface area contributed by atoms with Crippen LogP contribution in [0.2, 0.25) is 0 Å². The van der Waals surface area contributed by atoms with Crippen LogP contribution in [0.1, 0.15) is 12.5 Å². The molecular weight excluding hydrogens is 180 g/mol. The Morgan fingerprint density at radius 1 is 1.46 bits per heavy atom. The van der Waals surface area contributed by atoms with Gasteiger partial charge in [-0.15, -0.1) is 11.8 Å². The van der Waals surface area contributed by atoms with Crippen LogP contribution in [0.25, 0.3) is 0 Å². The van der Waals surface area contributed by atoms with E-state index in [9.17, 15) is 0 Å². The molecule has 0 aliphatic carbocycles. The highest BCUT2D eigenvalue weighted by Gasteiger charge is 1.91. The first kappa shape index (κ1) is 10.2. The van der Waals surface area contributed by atoms with Gasteiger partial charge in [-0.25, -0.2) is 0 Å². The Morgan fingerprint density at radius 3 is 2.85 bits per heavy atom. The summed E-state index contributed by atoms with van der Waals surface area (Å²) < 4.78 is 0. The molecule has 1 N–H and O–H groups in total. The summed E-state index contributed by atoms with van der Waals surface area (Å²) in [5, 5.41) is 8.96. The summed E-state index contributed by atoms with van der Waals surface area (Å²) in [6, 6.07) is 7.96. The first-order valence-corrected chi connectivity index (χ1v) is 5.28. The molecule has 0 aromatic heterocycles. The first-order valence-electron chi connectivity index (χ1n) is 4.06. The number of hydrogen-bond acceptors (Lipinski definition) is 2. The van der Waals surface area contributed by atoms with Crippen molar-refractivity contribution >= 4 is 11.8 Å². The fraction of sp³-hybridized carbons (Fsp3) is 0.273. The van der Waals surface area contributed by atoms with E-state index in [1.54, 1.807) is 18.7 Å². The van der Waals surface area contributed by atoms with Crippen LogP contribution in [0.4, 0.5) is 0 Å². The highest BCUT2D eigenvalue weighted by molar-refractivity contribution is 7.98. The Hall–Kier alpha value is -0.910. The van der Waals surface area contributed by atoms with Crippen molar-refractivity contribution < 1.29 is 5.11 Å². The molecule has 2 heteroatoms. The van der Waals surface area contributed by atoms with Gasteiger partial charge in [0.15, 0.2) is 0 Å². The van der Waals surface area contributed by atoms with Crippen molar-refractivity contribution in [3.8, 4) is 11.8 Å². The van der Waals surface area contributed by atoms with Crippen molar-refractivity contribution in [2.75, 3.05) is 6.26 Å². The maximum Gasteiger partial charge on any atom is 0.112 e. The van der Waals surface area contributed by atoms with Crippen LogP contribution in [-0.4, -0.2) is 17.5 Å². The molecule has 0 fully saturated rings. The van der Waals surface area contributed by atoms with Crippen LogP contribution in [0.3, 0.4) is 0 Å². The number of aliphatic hydroxyl groups excluding tert-OH is 1. The van der Waals surface area contributed by atoms with Gasteiger partial charge in [0.1, 0.15) is 6.10 Å². The summed E-state index contributed by atoms with van der Waals surface area (Å²) in [5.74, 6) is 5.61. The first-order chi connectivity index (χ1) is 6.22. The lowest BCUT2D eigenvalue weighted by Gasteiger charge is -1.95. The molecule has 13 heavy (non-hydrogen) atoms. The van der Waals surface area contributed by atoms with Crippen molar-refractivity contribution in [2.24, 2.45) is 0 Å². The van der Waals surface area contributed by atoms with Crippen molar-refractivity contribution in [1.82, 2.24) is 0 Å². The summed E-state index contributed by atoms with van der Waals surface area (Å²) in [5.41, 5.74) is 0.952. The van der Waals surface area contributed by atoms with E-state index in [1.165, 1.54) is 4.90 Å². The zero-order valence-corrected chi connectivity index (χ0v) is 8.56. The van der Waals surface area contributed by atoms with Crippen molar-refractivity contribution in [3.05, 3.63) is 29.8 Å². The van der Waals surface area contributed by atoms with E-state index in [0.29, 0.717) is 0 Å². The van der Waals surface area contributed by atoms with Gasteiger partial charge in [-0.1, -0.05) is 17.9 Å². The van der Waals surface area contributed by atoms with Gasteiger partial charge in [0.2, 0.25) is 0 Å². The second kappa shape index (κ2) is 4.96. The van der Waals surface area contributed by atoms with Crippen LogP contribution >= 0.6 is 11.8 Å². The van der Waals surface area contributed by atoms with E-state index in [0.717, 1.165) is 5.56 Å². The molecule has 1 atom stereocenters. The maximum atomic E-state index is 8.96. The standard InChI is InChI=1S/C11H12OS/c1-9(12)6-7-10-4-3-5-11(8-10)13-2/h3-5,8-9,12H,1-2H3. The minimum atomic E-state index is -0.557. The predicted octanol–water partition coefficient (Wildman–Crippen LogP) is 2.14. The zero-order valence-electron chi connectivity index (χ0n) is 7.74. The van der Waals surface area contributed by atoms with Crippen LogP contribution in [-0.2, 0) is 0 Å². The van der Waals surface area contributed by atoms with Crippen LogP contribution in [0.15, 0.2) is 29.2 Å². The number of rotatable bonds is 1. The Morgan fingerprint density at radius 2 is 2.23 bits per heavy atom. The summed E-state index contributed by atoms with van der Waals surface area (Å²) >= 11 is 1.69. The maximum absolute atomic E-state index is 8.96. The van der Waals surface area contributed by atoms with Crippen LogP contribution in [0, 0.1) is 11.8 Å². The molecule has 1 rings (SSSR count). The minimum Gasteiger partial charge on any atom is -0.381 e. The Labute approximate surface area is 83.2 Å². The van der Waals surface area contributed by atoms with Gasteiger partial charge in [0.25, 0.3) is 0 Å². The Balaban J connectivity index is 2.85. The SMILES string of the molecule is CSc1cccc(C#CC(C)O)c1. The predicted molar refractivity (Wildman–Crippen MR) is 56.8 cm³/mol. The highest BCUT2D eigenvalue weighted by Crippen LogP contribution is 2.14. The Kier molecular flexibility index (Phi) is 3.88. The van der Waals surface area contributed by atoms with Gasteiger partial charge >= 0.3 is 0 Å². The molecule has 1 unspecified atom stereocenters. The lowest BCUT2D eigenvalue weighted by molar-refractivity contribution is 0.253. The van der Waals surface area contributed by atoms with Gasteiger partial charge in [0.05, 0.1) is 0 Å². The van der Waals surface area contributed by atoms with E-state index in [4.69, 9.17) is 5.11 Å². The Bertz CT molecular complexity index is 333. The van der Waals surface area contributed by atoms with Gasteiger partial charge < -0.3 is 5.11 Å². The van der Waals surface area contributed by atoms with Crippen LogP contribution in [0.5, 0.6) is 0 Å². The average molecular weight is 192 g/mol. The summed E-state index contributed by atoms with van der Waals surface area (Å²) in [7, 11) is 0. The highest BCUT2D eigenvalue weighted by atomic mass is 32.2. The molecule has 1 nitrogen and oxygen atoms in total. The smallest absolute Gasteiger partial charge is 0.112 e. The monoisotopic (exact) mass is 192 g/mol. The molecule has 0 bridgehead atoms.